The van der Waals surface area contributed by atoms with E-state index in [1.54, 1.807) is 7.11 Å². The van der Waals surface area contributed by atoms with Crippen molar-refractivity contribution in [1.82, 2.24) is 9.88 Å². The first-order valence-electron chi connectivity index (χ1n) is 9.54. The SMILES string of the molecule is COc1ccc2c(c1)c(C(=O)NCC1CC13CCC(O)CC3)c(C)n2C. The minimum absolute atomic E-state index is 0.000697. The van der Waals surface area contributed by atoms with Crippen molar-refractivity contribution in [2.45, 2.75) is 45.1 Å². The molecule has 2 saturated carbocycles. The lowest BCUT2D eigenvalue weighted by molar-refractivity contribution is 0.0914. The maximum atomic E-state index is 12.9. The van der Waals surface area contributed by atoms with Crippen LogP contribution in [-0.4, -0.2) is 35.3 Å². The lowest BCUT2D eigenvalue weighted by atomic mass is 9.83. The summed E-state index contributed by atoms with van der Waals surface area (Å²) in [6.07, 6.45) is 5.07. The molecule has 1 aromatic heterocycles. The number of benzene rings is 1. The van der Waals surface area contributed by atoms with Gasteiger partial charge in [0, 0.05) is 30.2 Å². The molecule has 5 nitrogen and oxygen atoms in total. The van der Waals surface area contributed by atoms with Gasteiger partial charge in [-0.15, -0.1) is 0 Å². The summed E-state index contributed by atoms with van der Waals surface area (Å²) in [5, 5.41) is 13.8. The molecule has 1 heterocycles. The molecule has 140 valence electrons. The van der Waals surface area contributed by atoms with E-state index in [1.165, 1.54) is 6.42 Å². The molecule has 2 fully saturated rings. The molecule has 1 aromatic carbocycles. The van der Waals surface area contributed by atoms with Gasteiger partial charge in [0.05, 0.1) is 18.8 Å². The largest absolute Gasteiger partial charge is 0.497 e. The Balaban J connectivity index is 1.49. The van der Waals surface area contributed by atoms with Gasteiger partial charge in [0.25, 0.3) is 5.91 Å². The number of nitrogens with zero attached hydrogens (tertiary/aromatic N) is 1. The molecule has 5 heteroatoms. The fourth-order valence-electron chi connectivity index (χ4n) is 4.78. The molecule has 1 atom stereocenters. The quantitative estimate of drug-likeness (QED) is 0.884. The van der Waals surface area contributed by atoms with Crippen molar-refractivity contribution in [1.29, 1.82) is 0 Å². The molecule has 2 aliphatic carbocycles. The second kappa shape index (κ2) is 6.31. The number of nitrogens with one attached hydrogen (secondary N) is 1. The number of ether oxygens (including phenoxy) is 1. The van der Waals surface area contributed by atoms with E-state index in [-0.39, 0.29) is 12.0 Å². The molecule has 1 spiro atoms. The molecule has 0 bridgehead atoms. The summed E-state index contributed by atoms with van der Waals surface area (Å²) in [4.78, 5) is 12.9. The van der Waals surface area contributed by atoms with Gasteiger partial charge < -0.3 is 19.7 Å². The van der Waals surface area contributed by atoms with E-state index >= 15 is 0 Å². The van der Waals surface area contributed by atoms with E-state index in [9.17, 15) is 9.90 Å². The lowest BCUT2D eigenvalue weighted by Gasteiger charge is -2.26. The normalized spacial score (nSPS) is 27.7. The number of aryl methyl sites for hydroxylation is 1. The van der Waals surface area contributed by atoms with Gasteiger partial charge in [0.1, 0.15) is 5.75 Å². The Bertz CT molecular complexity index is 847. The Kier molecular flexibility index (Phi) is 4.22. The lowest BCUT2D eigenvalue weighted by Crippen LogP contribution is -2.29. The van der Waals surface area contributed by atoms with Gasteiger partial charge in [-0.3, -0.25) is 4.79 Å². The predicted molar refractivity (Wildman–Crippen MR) is 102 cm³/mol. The minimum Gasteiger partial charge on any atom is -0.497 e. The van der Waals surface area contributed by atoms with Gasteiger partial charge in [-0.25, -0.2) is 0 Å². The number of carbonyl (C=O) groups is 1. The maximum Gasteiger partial charge on any atom is 0.253 e. The van der Waals surface area contributed by atoms with Crippen molar-refractivity contribution in [3.05, 3.63) is 29.5 Å². The Hall–Kier alpha value is -2.01. The number of fused-ring (bicyclic) bond motifs is 1. The molecule has 0 radical (unpaired) electrons. The maximum absolute atomic E-state index is 12.9. The van der Waals surface area contributed by atoms with E-state index in [2.05, 4.69) is 9.88 Å². The van der Waals surface area contributed by atoms with Crippen molar-refractivity contribution in [3.63, 3.8) is 0 Å². The molecule has 0 aliphatic heterocycles. The van der Waals surface area contributed by atoms with Gasteiger partial charge in [0.15, 0.2) is 0 Å². The highest BCUT2D eigenvalue weighted by molar-refractivity contribution is 6.08. The Morgan fingerprint density at radius 2 is 2.12 bits per heavy atom. The minimum atomic E-state index is -0.121. The van der Waals surface area contributed by atoms with Crippen molar-refractivity contribution < 1.29 is 14.6 Å². The average molecular weight is 356 g/mol. The first-order chi connectivity index (χ1) is 12.4. The summed E-state index contributed by atoms with van der Waals surface area (Å²) in [6.45, 7) is 2.72. The summed E-state index contributed by atoms with van der Waals surface area (Å²) < 4.78 is 7.40. The van der Waals surface area contributed by atoms with E-state index in [0.717, 1.165) is 60.1 Å². The van der Waals surface area contributed by atoms with Crippen LogP contribution in [0, 0.1) is 18.3 Å². The van der Waals surface area contributed by atoms with Gasteiger partial charge in [0.2, 0.25) is 0 Å². The summed E-state index contributed by atoms with van der Waals surface area (Å²) in [7, 11) is 3.63. The molecule has 2 aliphatic rings. The molecule has 2 aromatic rings. The topological polar surface area (TPSA) is 63.5 Å². The van der Waals surface area contributed by atoms with E-state index in [0.29, 0.717) is 11.3 Å². The van der Waals surface area contributed by atoms with Crippen LogP contribution in [0.2, 0.25) is 0 Å². The number of aliphatic hydroxyl groups is 1. The van der Waals surface area contributed by atoms with Crippen LogP contribution < -0.4 is 10.1 Å². The molecule has 1 unspecified atom stereocenters. The Morgan fingerprint density at radius 1 is 1.38 bits per heavy atom. The van der Waals surface area contributed by atoms with Crippen LogP contribution >= 0.6 is 0 Å². The molecular weight excluding hydrogens is 328 g/mol. The average Bonchev–Trinajstić information content (AvgIpc) is 3.27. The van der Waals surface area contributed by atoms with Crippen molar-refractivity contribution >= 4 is 16.8 Å². The summed E-state index contributed by atoms with van der Waals surface area (Å²) in [5.74, 6) is 1.32. The number of aliphatic hydroxyl groups excluding tert-OH is 1. The van der Waals surface area contributed by atoms with Crippen LogP contribution in [0.4, 0.5) is 0 Å². The number of hydrogen-bond acceptors (Lipinski definition) is 3. The predicted octanol–water partition coefficient (Wildman–Crippen LogP) is 3.17. The Labute approximate surface area is 154 Å². The standard InChI is InChI=1S/C21H28N2O3/c1-13-19(17-10-16(26-3)4-5-18(17)23(13)2)20(25)22-12-14-11-21(14)8-6-15(24)7-9-21/h4-5,10,14-15,24H,6-9,11-12H2,1-3H3,(H,22,25). The number of hydrogen-bond donors (Lipinski definition) is 2. The van der Waals surface area contributed by atoms with Crippen LogP contribution in [0.5, 0.6) is 5.75 Å². The number of methoxy groups -OCH3 is 1. The summed E-state index contributed by atoms with van der Waals surface area (Å²) in [5.41, 5.74) is 3.13. The molecule has 26 heavy (non-hydrogen) atoms. The summed E-state index contributed by atoms with van der Waals surface area (Å²) >= 11 is 0. The van der Waals surface area contributed by atoms with Crippen molar-refractivity contribution in [3.8, 4) is 5.75 Å². The highest BCUT2D eigenvalue weighted by Crippen LogP contribution is 2.61. The molecule has 4 rings (SSSR count). The van der Waals surface area contributed by atoms with Crippen molar-refractivity contribution in [2.75, 3.05) is 13.7 Å². The van der Waals surface area contributed by atoms with Gasteiger partial charge in [-0.2, -0.15) is 0 Å². The smallest absolute Gasteiger partial charge is 0.253 e. The van der Waals surface area contributed by atoms with Crippen LogP contribution in [-0.2, 0) is 7.05 Å². The number of carbonyl (C=O) groups excluding carboxylic acids is 1. The van der Waals surface area contributed by atoms with Crippen molar-refractivity contribution in [2.24, 2.45) is 18.4 Å². The third-order valence-corrected chi connectivity index (χ3v) is 6.75. The van der Waals surface area contributed by atoms with E-state index < -0.39 is 0 Å². The van der Waals surface area contributed by atoms with Crippen LogP contribution in [0.15, 0.2) is 18.2 Å². The fourth-order valence-corrected chi connectivity index (χ4v) is 4.78. The third kappa shape index (κ3) is 2.78. The number of aromatic nitrogens is 1. The molecule has 0 saturated heterocycles. The van der Waals surface area contributed by atoms with Gasteiger partial charge in [-0.05, 0) is 68.6 Å². The van der Waals surface area contributed by atoms with Gasteiger partial charge in [-0.1, -0.05) is 0 Å². The zero-order valence-electron chi connectivity index (χ0n) is 15.8. The van der Waals surface area contributed by atoms with Gasteiger partial charge >= 0.3 is 0 Å². The highest BCUT2D eigenvalue weighted by atomic mass is 16.5. The highest BCUT2D eigenvalue weighted by Gasteiger charge is 2.54. The van der Waals surface area contributed by atoms with E-state index in [1.807, 2.05) is 32.2 Å². The first kappa shape index (κ1) is 17.4. The molecule has 1 amide bonds. The zero-order valence-corrected chi connectivity index (χ0v) is 15.8. The number of amides is 1. The Morgan fingerprint density at radius 3 is 2.81 bits per heavy atom. The first-order valence-corrected chi connectivity index (χ1v) is 9.54. The number of rotatable bonds is 4. The van der Waals surface area contributed by atoms with Crippen LogP contribution in [0.25, 0.3) is 10.9 Å². The summed E-state index contributed by atoms with van der Waals surface area (Å²) in [6, 6.07) is 5.87. The second-order valence-corrected chi connectivity index (χ2v) is 8.11. The van der Waals surface area contributed by atoms with Crippen LogP contribution in [0.3, 0.4) is 0 Å². The molecule has 2 N–H and O–H groups in total. The van der Waals surface area contributed by atoms with Crippen LogP contribution in [0.1, 0.15) is 48.2 Å². The monoisotopic (exact) mass is 356 g/mol. The zero-order chi connectivity index (χ0) is 18.5. The van der Waals surface area contributed by atoms with E-state index in [4.69, 9.17) is 4.74 Å². The fraction of sp³-hybridized carbons (Fsp3) is 0.571. The molecular formula is C21H28N2O3. The second-order valence-electron chi connectivity index (χ2n) is 8.11. The third-order valence-electron chi connectivity index (χ3n) is 6.75.